The van der Waals surface area contributed by atoms with Crippen molar-refractivity contribution in [3.63, 3.8) is 0 Å². The molecule has 15 heavy (non-hydrogen) atoms. The summed E-state index contributed by atoms with van der Waals surface area (Å²) < 4.78 is 5.63. The molecule has 0 aromatic heterocycles. The third kappa shape index (κ3) is 3.53. The van der Waals surface area contributed by atoms with E-state index in [4.69, 9.17) is 10.5 Å². The van der Waals surface area contributed by atoms with Crippen molar-refractivity contribution in [3.8, 4) is 5.75 Å². The van der Waals surface area contributed by atoms with E-state index in [0.29, 0.717) is 6.54 Å². The number of likely N-dealkylation sites (N-methyl/N-ethyl adjacent to an activating group) is 1. The van der Waals surface area contributed by atoms with Crippen LogP contribution in [0.2, 0.25) is 0 Å². The maximum atomic E-state index is 5.66. The van der Waals surface area contributed by atoms with E-state index in [2.05, 4.69) is 11.4 Å². The van der Waals surface area contributed by atoms with Crippen LogP contribution in [0.1, 0.15) is 25.5 Å². The minimum Gasteiger partial charge on any atom is -0.491 e. The maximum absolute atomic E-state index is 5.66. The molecule has 3 nitrogen and oxygen atoms in total. The van der Waals surface area contributed by atoms with Crippen molar-refractivity contribution in [3.05, 3.63) is 29.8 Å². The smallest absolute Gasteiger partial charge is 0.120 e. The fourth-order valence-corrected chi connectivity index (χ4v) is 1.50. The number of hydrogen-bond donors (Lipinski definition) is 2. The van der Waals surface area contributed by atoms with Crippen molar-refractivity contribution in [1.82, 2.24) is 5.32 Å². The van der Waals surface area contributed by atoms with Gasteiger partial charge in [0.1, 0.15) is 5.75 Å². The topological polar surface area (TPSA) is 47.3 Å². The van der Waals surface area contributed by atoms with E-state index in [-0.39, 0.29) is 12.1 Å². The van der Waals surface area contributed by atoms with Crippen LogP contribution in [-0.4, -0.2) is 19.7 Å². The second-order valence-corrected chi connectivity index (χ2v) is 3.82. The van der Waals surface area contributed by atoms with Crippen LogP contribution in [0.4, 0.5) is 0 Å². The molecule has 3 heteroatoms. The van der Waals surface area contributed by atoms with Gasteiger partial charge in [0.2, 0.25) is 0 Å². The molecule has 0 heterocycles. The Bertz CT molecular complexity index is 295. The Morgan fingerprint density at radius 3 is 2.67 bits per heavy atom. The van der Waals surface area contributed by atoms with Crippen molar-refractivity contribution in [2.24, 2.45) is 5.73 Å². The molecule has 84 valence electrons. The summed E-state index contributed by atoms with van der Waals surface area (Å²) in [4.78, 5) is 0. The second kappa shape index (κ2) is 5.73. The number of nitrogens with two attached hydrogens (primary N) is 1. The molecule has 0 bridgehead atoms. The van der Waals surface area contributed by atoms with Crippen LogP contribution >= 0.6 is 0 Å². The molecule has 1 rings (SSSR count). The molecule has 1 aromatic rings. The van der Waals surface area contributed by atoms with E-state index in [9.17, 15) is 0 Å². The average Bonchev–Trinajstić information content (AvgIpc) is 2.19. The monoisotopic (exact) mass is 208 g/mol. The Hall–Kier alpha value is -1.06. The van der Waals surface area contributed by atoms with Gasteiger partial charge in [-0.25, -0.2) is 0 Å². The molecule has 1 atom stereocenters. The summed E-state index contributed by atoms with van der Waals surface area (Å²) in [6.07, 6.45) is 0.200. The first-order chi connectivity index (χ1) is 7.17. The van der Waals surface area contributed by atoms with Gasteiger partial charge in [-0.1, -0.05) is 12.1 Å². The minimum absolute atomic E-state index is 0.195. The lowest BCUT2D eigenvalue weighted by Crippen LogP contribution is -2.24. The van der Waals surface area contributed by atoms with Gasteiger partial charge in [-0.05, 0) is 38.6 Å². The van der Waals surface area contributed by atoms with Crippen LogP contribution < -0.4 is 15.8 Å². The minimum atomic E-state index is 0.195. The van der Waals surface area contributed by atoms with Gasteiger partial charge in [0.05, 0.1) is 6.10 Å². The van der Waals surface area contributed by atoms with E-state index in [1.165, 1.54) is 0 Å². The van der Waals surface area contributed by atoms with Crippen molar-refractivity contribution in [2.45, 2.75) is 26.0 Å². The molecular weight excluding hydrogens is 188 g/mol. The summed E-state index contributed by atoms with van der Waals surface area (Å²) in [6.45, 7) is 4.62. The highest BCUT2D eigenvalue weighted by atomic mass is 16.5. The molecule has 1 unspecified atom stereocenters. The summed E-state index contributed by atoms with van der Waals surface area (Å²) in [6, 6.07) is 8.25. The van der Waals surface area contributed by atoms with Crippen LogP contribution in [0.3, 0.4) is 0 Å². The van der Waals surface area contributed by atoms with Crippen molar-refractivity contribution < 1.29 is 4.74 Å². The fourth-order valence-electron chi connectivity index (χ4n) is 1.50. The lowest BCUT2D eigenvalue weighted by atomic mass is 10.1. The zero-order valence-corrected chi connectivity index (χ0v) is 9.66. The molecule has 0 amide bonds. The van der Waals surface area contributed by atoms with Gasteiger partial charge in [-0.3, -0.25) is 0 Å². The Labute approximate surface area is 91.6 Å². The van der Waals surface area contributed by atoms with Gasteiger partial charge in [-0.15, -0.1) is 0 Å². The maximum Gasteiger partial charge on any atom is 0.120 e. The lowest BCUT2D eigenvalue weighted by Gasteiger charge is -2.16. The Balaban J connectivity index is 2.81. The molecular formula is C12H20N2O. The highest BCUT2D eigenvalue weighted by Crippen LogP contribution is 2.19. The van der Waals surface area contributed by atoms with E-state index in [1.807, 2.05) is 39.1 Å². The standard InChI is InChI=1S/C12H20N2O/c1-9(2)15-11-6-4-5-10(7-11)12(8-13)14-3/h4-7,9,12,14H,8,13H2,1-3H3. The number of hydrogen-bond acceptors (Lipinski definition) is 3. The van der Waals surface area contributed by atoms with Gasteiger partial charge >= 0.3 is 0 Å². The summed E-state index contributed by atoms with van der Waals surface area (Å²) in [5.74, 6) is 0.899. The first-order valence-corrected chi connectivity index (χ1v) is 5.31. The summed E-state index contributed by atoms with van der Waals surface area (Å²) >= 11 is 0. The van der Waals surface area contributed by atoms with Crippen LogP contribution in [0.15, 0.2) is 24.3 Å². The molecule has 1 aromatic carbocycles. The van der Waals surface area contributed by atoms with Crippen LogP contribution in [0.5, 0.6) is 5.75 Å². The van der Waals surface area contributed by atoms with Crippen molar-refractivity contribution in [1.29, 1.82) is 0 Å². The van der Waals surface area contributed by atoms with Gasteiger partial charge in [0.25, 0.3) is 0 Å². The van der Waals surface area contributed by atoms with E-state index < -0.39 is 0 Å². The lowest BCUT2D eigenvalue weighted by molar-refractivity contribution is 0.242. The Morgan fingerprint density at radius 2 is 2.13 bits per heavy atom. The molecule has 0 spiro atoms. The third-order valence-electron chi connectivity index (χ3n) is 2.22. The van der Waals surface area contributed by atoms with Crippen LogP contribution in [-0.2, 0) is 0 Å². The normalized spacial score (nSPS) is 12.9. The van der Waals surface area contributed by atoms with E-state index >= 15 is 0 Å². The third-order valence-corrected chi connectivity index (χ3v) is 2.22. The summed E-state index contributed by atoms with van der Waals surface area (Å²) in [7, 11) is 1.91. The molecule has 0 aliphatic heterocycles. The van der Waals surface area contributed by atoms with Gasteiger partial charge < -0.3 is 15.8 Å². The fraction of sp³-hybridized carbons (Fsp3) is 0.500. The zero-order chi connectivity index (χ0) is 11.3. The molecule has 0 aliphatic carbocycles. The largest absolute Gasteiger partial charge is 0.491 e. The first kappa shape index (κ1) is 12.0. The van der Waals surface area contributed by atoms with Gasteiger partial charge in [0.15, 0.2) is 0 Å². The molecule has 0 aliphatic rings. The number of ether oxygens (including phenoxy) is 1. The predicted octanol–water partition coefficient (Wildman–Crippen LogP) is 1.69. The Morgan fingerprint density at radius 1 is 1.40 bits per heavy atom. The first-order valence-electron chi connectivity index (χ1n) is 5.31. The number of rotatable bonds is 5. The SMILES string of the molecule is CNC(CN)c1cccc(OC(C)C)c1. The summed E-state index contributed by atoms with van der Waals surface area (Å²) in [5.41, 5.74) is 6.83. The highest BCUT2D eigenvalue weighted by Gasteiger charge is 2.07. The molecule has 3 N–H and O–H groups in total. The molecule has 0 saturated heterocycles. The zero-order valence-electron chi connectivity index (χ0n) is 9.66. The van der Waals surface area contributed by atoms with Crippen molar-refractivity contribution >= 4 is 0 Å². The molecule has 0 fully saturated rings. The van der Waals surface area contributed by atoms with Crippen LogP contribution in [0.25, 0.3) is 0 Å². The summed E-state index contributed by atoms with van der Waals surface area (Å²) in [5, 5.41) is 3.17. The predicted molar refractivity (Wildman–Crippen MR) is 63.1 cm³/mol. The van der Waals surface area contributed by atoms with E-state index in [0.717, 1.165) is 11.3 Å². The number of benzene rings is 1. The number of nitrogens with one attached hydrogen (secondary N) is 1. The Kier molecular flexibility index (Phi) is 4.59. The second-order valence-electron chi connectivity index (χ2n) is 3.82. The van der Waals surface area contributed by atoms with Gasteiger partial charge in [0, 0.05) is 12.6 Å². The van der Waals surface area contributed by atoms with Crippen LogP contribution in [0, 0.1) is 0 Å². The molecule has 0 saturated carbocycles. The van der Waals surface area contributed by atoms with Crippen molar-refractivity contribution in [2.75, 3.05) is 13.6 Å². The average molecular weight is 208 g/mol. The highest BCUT2D eigenvalue weighted by molar-refractivity contribution is 5.30. The van der Waals surface area contributed by atoms with Gasteiger partial charge in [-0.2, -0.15) is 0 Å². The quantitative estimate of drug-likeness (QED) is 0.774. The molecule has 0 radical (unpaired) electrons. The van der Waals surface area contributed by atoms with E-state index in [1.54, 1.807) is 0 Å².